The van der Waals surface area contributed by atoms with Crippen molar-refractivity contribution in [3.63, 3.8) is 0 Å². The minimum Gasteiger partial charge on any atom is -0.366 e. The van der Waals surface area contributed by atoms with E-state index in [1.165, 1.54) is 0 Å². The van der Waals surface area contributed by atoms with Crippen molar-refractivity contribution in [3.8, 4) is 0 Å². The van der Waals surface area contributed by atoms with E-state index in [9.17, 15) is 0 Å². The molecule has 2 aromatic rings. The first kappa shape index (κ1) is 9.98. The van der Waals surface area contributed by atoms with E-state index in [0.717, 1.165) is 11.4 Å². The average molecular weight is 223 g/mol. The third kappa shape index (κ3) is 2.70. The van der Waals surface area contributed by atoms with Gasteiger partial charge in [0.2, 0.25) is 0 Å². The van der Waals surface area contributed by atoms with Gasteiger partial charge in [-0.2, -0.15) is 5.10 Å². The van der Waals surface area contributed by atoms with Crippen LogP contribution in [0.4, 0.5) is 5.82 Å². The molecule has 4 nitrogen and oxygen atoms in total. The number of nitrogens with one attached hydrogen (secondary N) is 1. The molecule has 1 N–H and O–H groups in total. The van der Waals surface area contributed by atoms with Gasteiger partial charge in [-0.05, 0) is 12.1 Å². The van der Waals surface area contributed by atoms with E-state index in [-0.39, 0.29) is 0 Å². The molecule has 5 heteroatoms. The number of rotatable bonds is 3. The van der Waals surface area contributed by atoms with E-state index in [1.807, 2.05) is 31.6 Å². The number of nitrogens with zero attached hydrogens (tertiary/aromatic N) is 3. The molecule has 0 aliphatic heterocycles. The predicted octanol–water partition coefficient (Wildman–Crippen LogP) is 2.08. The highest BCUT2D eigenvalue weighted by molar-refractivity contribution is 6.29. The highest BCUT2D eigenvalue weighted by Crippen LogP contribution is 2.10. The summed E-state index contributed by atoms with van der Waals surface area (Å²) in [4.78, 5) is 4.12. The SMILES string of the molecule is Cn1cc(CNc2cccc(Cl)n2)cn1. The molecular formula is C10H11ClN4. The van der Waals surface area contributed by atoms with Crippen LogP contribution < -0.4 is 5.32 Å². The first-order valence-electron chi connectivity index (χ1n) is 4.58. The molecule has 2 rings (SSSR count). The lowest BCUT2D eigenvalue weighted by molar-refractivity contribution is 0.767. The first-order chi connectivity index (χ1) is 7.24. The zero-order valence-corrected chi connectivity index (χ0v) is 9.07. The normalized spacial score (nSPS) is 10.3. The van der Waals surface area contributed by atoms with Gasteiger partial charge < -0.3 is 5.32 Å². The summed E-state index contributed by atoms with van der Waals surface area (Å²) in [7, 11) is 1.89. The van der Waals surface area contributed by atoms with Crippen molar-refractivity contribution < 1.29 is 0 Å². The molecule has 0 saturated heterocycles. The third-order valence-electron chi connectivity index (χ3n) is 1.95. The van der Waals surface area contributed by atoms with Crippen molar-refractivity contribution in [2.45, 2.75) is 6.54 Å². The Morgan fingerprint density at radius 2 is 2.33 bits per heavy atom. The molecule has 0 radical (unpaired) electrons. The summed E-state index contributed by atoms with van der Waals surface area (Å²) in [5, 5.41) is 7.73. The second kappa shape index (κ2) is 4.31. The number of anilines is 1. The lowest BCUT2D eigenvalue weighted by atomic mass is 10.3. The van der Waals surface area contributed by atoms with Crippen LogP contribution >= 0.6 is 11.6 Å². The molecular weight excluding hydrogens is 212 g/mol. The lowest BCUT2D eigenvalue weighted by Gasteiger charge is -2.03. The maximum Gasteiger partial charge on any atom is 0.131 e. The Kier molecular flexibility index (Phi) is 2.87. The Balaban J connectivity index is 1.99. The van der Waals surface area contributed by atoms with Crippen LogP contribution in [0.2, 0.25) is 5.15 Å². The Morgan fingerprint density at radius 3 is 3.00 bits per heavy atom. The van der Waals surface area contributed by atoms with Crippen molar-refractivity contribution in [3.05, 3.63) is 41.3 Å². The summed E-state index contributed by atoms with van der Waals surface area (Å²) in [5.41, 5.74) is 1.11. The van der Waals surface area contributed by atoms with E-state index in [1.54, 1.807) is 10.7 Å². The van der Waals surface area contributed by atoms with Crippen LogP contribution in [-0.4, -0.2) is 14.8 Å². The summed E-state index contributed by atoms with van der Waals surface area (Å²) in [6, 6.07) is 5.49. The van der Waals surface area contributed by atoms with Crippen molar-refractivity contribution in [2.24, 2.45) is 7.05 Å². The largest absolute Gasteiger partial charge is 0.366 e. The van der Waals surface area contributed by atoms with Gasteiger partial charge in [0.15, 0.2) is 0 Å². The highest BCUT2D eigenvalue weighted by Gasteiger charge is 1.97. The number of hydrogen-bond donors (Lipinski definition) is 1. The van der Waals surface area contributed by atoms with Crippen LogP contribution in [0.5, 0.6) is 0 Å². The zero-order valence-electron chi connectivity index (χ0n) is 8.31. The van der Waals surface area contributed by atoms with Crippen molar-refractivity contribution >= 4 is 17.4 Å². The van der Waals surface area contributed by atoms with E-state index in [0.29, 0.717) is 11.7 Å². The van der Waals surface area contributed by atoms with Crippen LogP contribution in [0.1, 0.15) is 5.56 Å². The molecule has 0 atom stereocenters. The van der Waals surface area contributed by atoms with Crippen molar-refractivity contribution in [1.29, 1.82) is 0 Å². The summed E-state index contributed by atoms with van der Waals surface area (Å²) >= 11 is 5.76. The van der Waals surface area contributed by atoms with Gasteiger partial charge in [-0.3, -0.25) is 4.68 Å². The molecule has 0 aromatic carbocycles. The van der Waals surface area contributed by atoms with Crippen LogP contribution in [0, 0.1) is 0 Å². The Morgan fingerprint density at radius 1 is 1.47 bits per heavy atom. The average Bonchev–Trinajstić information content (AvgIpc) is 2.62. The van der Waals surface area contributed by atoms with Crippen LogP contribution in [0.15, 0.2) is 30.6 Å². The number of aromatic nitrogens is 3. The molecule has 0 unspecified atom stereocenters. The monoisotopic (exact) mass is 222 g/mol. The fraction of sp³-hybridized carbons (Fsp3) is 0.200. The first-order valence-corrected chi connectivity index (χ1v) is 4.96. The maximum absolute atomic E-state index is 5.76. The van der Waals surface area contributed by atoms with Gasteiger partial charge in [-0.15, -0.1) is 0 Å². The van der Waals surface area contributed by atoms with Crippen LogP contribution in [0.25, 0.3) is 0 Å². The van der Waals surface area contributed by atoms with E-state index in [4.69, 9.17) is 11.6 Å². The maximum atomic E-state index is 5.76. The Labute approximate surface area is 92.9 Å². The van der Waals surface area contributed by atoms with Crippen LogP contribution in [0.3, 0.4) is 0 Å². The molecule has 0 amide bonds. The second-order valence-electron chi connectivity index (χ2n) is 3.22. The van der Waals surface area contributed by atoms with Gasteiger partial charge in [-0.1, -0.05) is 17.7 Å². The number of pyridine rings is 1. The quantitative estimate of drug-likeness (QED) is 0.809. The van der Waals surface area contributed by atoms with E-state index in [2.05, 4.69) is 15.4 Å². The van der Waals surface area contributed by atoms with Crippen LogP contribution in [-0.2, 0) is 13.6 Å². The minimum absolute atomic E-state index is 0.492. The molecule has 0 aliphatic carbocycles. The molecule has 0 fully saturated rings. The Hall–Kier alpha value is -1.55. The highest BCUT2D eigenvalue weighted by atomic mass is 35.5. The van der Waals surface area contributed by atoms with Gasteiger partial charge >= 0.3 is 0 Å². The molecule has 0 spiro atoms. The van der Waals surface area contributed by atoms with Crippen molar-refractivity contribution in [1.82, 2.24) is 14.8 Å². The van der Waals surface area contributed by atoms with Gasteiger partial charge in [0.1, 0.15) is 11.0 Å². The molecule has 0 saturated carbocycles. The summed E-state index contributed by atoms with van der Waals surface area (Å²) in [5.74, 6) is 0.770. The molecule has 15 heavy (non-hydrogen) atoms. The predicted molar refractivity (Wildman–Crippen MR) is 59.8 cm³/mol. The zero-order chi connectivity index (χ0) is 10.7. The molecule has 2 aromatic heterocycles. The third-order valence-corrected chi connectivity index (χ3v) is 2.16. The standard InChI is InChI=1S/C10H11ClN4/c1-15-7-8(6-13-15)5-12-10-4-2-3-9(11)14-10/h2-4,6-7H,5H2,1H3,(H,12,14). The molecule has 0 bridgehead atoms. The number of aryl methyl sites for hydroxylation is 1. The molecule has 0 aliphatic rings. The van der Waals surface area contributed by atoms with Crippen molar-refractivity contribution in [2.75, 3.05) is 5.32 Å². The topological polar surface area (TPSA) is 42.7 Å². The second-order valence-corrected chi connectivity index (χ2v) is 3.61. The molecule has 2 heterocycles. The lowest BCUT2D eigenvalue weighted by Crippen LogP contribution is -2.00. The fourth-order valence-electron chi connectivity index (χ4n) is 1.26. The summed E-state index contributed by atoms with van der Waals surface area (Å²) in [6.45, 7) is 0.696. The van der Waals surface area contributed by atoms with Gasteiger partial charge in [0.25, 0.3) is 0 Å². The number of halogens is 1. The van der Waals surface area contributed by atoms with E-state index < -0.39 is 0 Å². The molecule has 78 valence electrons. The summed E-state index contributed by atoms with van der Waals surface area (Å²) in [6.07, 6.45) is 3.77. The van der Waals surface area contributed by atoms with E-state index >= 15 is 0 Å². The Bertz CT molecular complexity index is 452. The summed E-state index contributed by atoms with van der Waals surface area (Å²) < 4.78 is 1.77. The fourth-order valence-corrected chi connectivity index (χ4v) is 1.43. The van der Waals surface area contributed by atoms with Gasteiger partial charge in [0, 0.05) is 25.4 Å². The van der Waals surface area contributed by atoms with Gasteiger partial charge in [0.05, 0.1) is 6.20 Å². The number of hydrogen-bond acceptors (Lipinski definition) is 3. The van der Waals surface area contributed by atoms with Gasteiger partial charge in [-0.25, -0.2) is 4.98 Å². The smallest absolute Gasteiger partial charge is 0.131 e. The minimum atomic E-state index is 0.492.